The van der Waals surface area contributed by atoms with Crippen molar-refractivity contribution >= 4 is 38.1 Å². The number of hydrogen-bond acceptors (Lipinski definition) is 3. The van der Waals surface area contributed by atoms with Gasteiger partial charge in [0.05, 0.1) is 10.2 Å². The highest BCUT2D eigenvalue weighted by Gasteiger charge is 2.72. The SMILES string of the molecule is O=c1cc(C(F)(F)C(F)(F)C(F)(F)Cl)nc2sc3ccccc3n12. The first kappa shape index (κ1) is 17.0. The molecule has 0 aliphatic carbocycles. The van der Waals surface area contributed by atoms with Crippen molar-refractivity contribution < 1.29 is 26.3 Å². The van der Waals surface area contributed by atoms with E-state index in [0.29, 0.717) is 10.2 Å². The molecule has 3 aromatic rings. The number of hydrogen-bond donors (Lipinski definition) is 0. The summed E-state index contributed by atoms with van der Waals surface area (Å²) in [6.07, 6.45) is 0. The molecule has 0 saturated carbocycles. The van der Waals surface area contributed by atoms with Crippen molar-refractivity contribution in [3.8, 4) is 0 Å². The van der Waals surface area contributed by atoms with Crippen LogP contribution in [0.2, 0.25) is 0 Å². The normalized spacial score (nSPS) is 13.8. The Morgan fingerprint density at radius 2 is 1.71 bits per heavy atom. The highest BCUT2D eigenvalue weighted by atomic mass is 35.5. The van der Waals surface area contributed by atoms with Gasteiger partial charge in [0.2, 0.25) is 0 Å². The lowest BCUT2D eigenvalue weighted by molar-refractivity contribution is -0.287. The summed E-state index contributed by atoms with van der Waals surface area (Å²) in [5.74, 6) is -11.4. The van der Waals surface area contributed by atoms with Crippen molar-refractivity contribution in [2.24, 2.45) is 0 Å². The second-order valence-corrected chi connectivity index (χ2v) is 6.30. The van der Waals surface area contributed by atoms with Gasteiger partial charge in [-0.05, 0) is 23.7 Å². The molecule has 3 rings (SSSR count). The fourth-order valence-corrected chi connectivity index (χ4v) is 3.23. The number of aromatic nitrogens is 2. The van der Waals surface area contributed by atoms with E-state index in [4.69, 9.17) is 0 Å². The lowest BCUT2D eigenvalue weighted by Gasteiger charge is -2.28. The minimum absolute atomic E-state index is 0.0999. The molecule has 3 nitrogen and oxygen atoms in total. The Labute approximate surface area is 138 Å². The number of fused-ring (bicyclic) bond motifs is 3. The molecule has 0 spiro atoms. The summed E-state index contributed by atoms with van der Waals surface area (Å²) in [5.41, 5.74) is -2.54. The Hall–Kier alpha value is -1.81. The minimum atomic E-state index is -5.93. The zero-order chi connectivity index (χ0) is 17.9. The predicted molar refractivity (Wildman–Crippen MR) is 76.5 cm³/mol. The number of benzene rings is 1. The molecule has 11 heteroatoms. The van der Waals surface area contributed by atoms with E-state index in [1.54, 1.807) is 18.2 Å². The van der Waals surface area contributed by atoms with Gasteiger partial charge in [0, 0.05) is 6.07 Å². The van der Waals surface area contributed by atoms with E-state index in [9.17, 15) is 31.1 Å². The average Bonchev–Trinajstić information content (AvgIpc) is 2.84. The maximum atomic E-state index is 13.9. The van der Waals surface area contributed by atoms with Crippen molar-refractivity contribution in [1.29, 1.82) is 0 Å². The van der Waals surface area contributed by atoms with E-state index < -0.39 is 28.5 Å². The summed E-state index contributed by atoms with van der Waals surface area (Å²) < 4.78 is 81.2. The van der Waals surface area contributed by atoms with Crippen molar-refractivity contribution in [2.75, 3.05) is 0 Å². The smallest absolute Gasteiger partial charge is 0.269 e. The fraction of sp³-hybridized carbons (Fsp3) is 0.231. The molecule has 24 heavy (non-hydrogen) atoms. The van der Waals surface area contributed by atoms with Gasteiger partial charge in [0.25, 0.3) is 5.56 Å². The number of rotatable bonds is 3. The Morgan fingerprint density at radius 3 is 2.33 bits per heavy atom. The van der Waals surface area contributed by atoms with Crippen LogP contribution < -0.4 is 5.56 Å². The van der Waals surface area contributed by atoms with Crippen LogP contribution in [0.25, 0.3) is 15.2 Å². The average molecular weight is 387 g/mol. The predicted octanol–water partition coefficient (Wildman–Crippen LogP) is 4.47. The van der Waals surface area contributed by atoms with Crippen LogP contribution in [0, 0.1) is 0 Å². The maximum absolute atomic E-state index is 13.9. The Kier molecular flexibility index (Phi) is 3.61. The summed E-state index contributed by atoms with van der Waals surface area (Å²) in [4.78, 5) is 15.0. The molecule has 0 atom stereocenters. The van der Waals surface area contributed by atoms with Gasteiger partial charge in [-0.2, -0.15) is 26.3 Å². The molecular weight excluding hydrogens is 382 g/mol. The lowest BCUT2D eigenvalue weighted by Crippen LogP contribution is -2.50. The van der Waals surface area contributed by atoms with E-state index in [2.05, 4.69) is 16.6 Å². The first-order valence-corrected chi connectivity index (χ1v) is 7.40. The third kappa shape index (κ3) is 2.27. The van der Waals surface area contributed by atoms with Gasteiger partial charge in [-0.1, -0.05) is 23.5 Å². The number of halogens is 7. The molecule has 0 aliphatic heterocycles. The standard InChI is InChI=1S/C13H5ClF6N2OS/c14-13(19,20)12(17,18)11(15,16)8-5-9(23)22-6-3-1-2-4-7(6)24-10(22)21-8/h1-5H. The van der Waals surface area contributed by atoms with Crippen LogP contribution in [0.5, 0.6) is 0 Å². The van der Waals surface area contributed by atoms with Gasteiger partial charge < -0.3 is 0 Å². The van der Waals surface area contributed by atoms with Crippen LogP contribution >= 0.6 is 22.9 Å². The van der Waals surface area contributed by atoms with Crippen molar-refractivity contribution in [3.63, 3.8) is 0 Å². The van der Waals surface area contributed by atoms with E-state index in [1.165, 1.54) is 6.07 Å². The number of thiazole rings is 1. The lowest BCUT2D eigenvalue weighted by atomic mass is 10.1. The molecule has 2 heterocycles. The van der Waals surface area contributed by atoms with Crippen molar-refractivity contribution in [1.82, 2.24) is 9.38 Å². The maximum Gasteiger partial charge on any atom is 0.392 e. The number of alkyl halides is 7. The highest BCUT2D eigenvalue weighted by Crippen LogP contribution is 2.52. The molecule has 0 unspecified atom stereocenters. The number of para-hydroxylation sites is 1. The highest BCUT2D eigenvalue weighted by molar-refractivity contribution is 7.23. The van der Waals surface area contributed by atoms with Gasteiger partial charge in [-0.25, -0.2) is 4.98 Å². The summed E-state index contributed by atoms with van der Waals surface area (Å²) in [6, 6.07) is 6.35. The molecule has 1 aromatic carbocycles. The van der Waals surface area contributed by atoms with Crippen LogP contribution in [0.1, 0.15) is 5.69 Å². The van der Waals surface area contributed by atoms with E-state index in [1.807, 2.05) is 0 Å². The van der Waals surface area contributed by atoms with Gasteiger partial charge >= 0.3 is 17.2 Å². The van der Waals surface area contributed by atoms with Crippen LogP contribution in [-0.2, 0) is 5.92 Å². The van der Waals surface area contributed by atoms with E-state index in [-0.39, 0.29) is 11.0 Å². The minimum Gasteiger partial charge on any atom is -0.269 e. The molecule has 0 fully saturated rings. The van der Waals surface area contributed by atoms with Crippen LogP contribution in [0.4, 0.5) is 26.3 Å². The van der Waals surface area contributed by atoms with Gasteiger partial charge in [-0.15, -0.1) is 0 Å². The monoisotopic (exact) mass is 386 g/mol. The molecular formula is C13H5ClF6N2OS. The molecule has 0 bridgehead atoms. The van der Waals surface area contributed by atoms with Crippen LogP contribution in [0.3, 0.4) is 0 Å². The zero-order valence-electron chi connectivity index (χ0n) is 11.2. The first-order valence-electron chi connectivity index (χ1n) is 6.21. The van der Waals surface area contributed by atoms with Gasteiger partial charge in [-0.3, -0.25) is 9.20 Å². The first-order chi connectivity index (χ1) is 11.0. The Bertz CT molecular complexity index is 993. The molecule has 0 saturated heterocycles. The molecule has 0 aliphatic rings. The third-order valence-corrected chi connectivity index (χ3v) is 4.53. The van der Waals surface area contributed by atoms with Crippen molar-refractivity contribution in [2.45, 2.75) is 17.2 Å². The summed E-state index contributed by atoms with van der Waals surface area (Å²) in [7, 11) is 0. The summed E-state index contributed by atoms with van der Waals surface area (Å²) in [6.45, 7) is 0. The molecule has 0 N–H and O–H groups in total. The quantitative estimate of drug-likeness (QED) is 0.492. The molecule has 128 valence electrons. The molecule has 0 radical (unpaired) electrons. The largest absolute Gasteiger partial charge is 0.392 e. The topological polar surface area (TPSA) is 34.4 Å². The summed E-state index contributed by atoms with van der Waals surface area (Å²) >= 11 is 4.89. The fourth-order valence-electron chi connectivity index (χ4n) is 2.08. The van der Waals surface area contributed by atoms with Gasteiger partial charge in [0.15, 0.2) is 4.96 Å². The Balaban J connectivity index is 2.28. The third-order valence-electron chi connectivity index (χ3n) is 3.27. The van der Waals surface area contributed by atoms with Crippen molar-refractivity contribution in [3.05, 3.63) is 46.4 Å². The van der Waals surface area contributed by atoms with Gasteiger partial charge in [0.1, 0.15) is 5.69 Å². The second-order valence-electron chi connectivity index (χ2n) is 4.81. The number of nitrogens with zero attached hydrogens (tertiary/aromatic N) is 2. The Morgan fingerprint density at radius 1 is 1.08 bits per heavy atom. The molecule has 2 aromatic heterocycles. The summed E-state index contributed by atoms with van der Waals surface area (Å²) in [5, 5.41) is -5.52. The van der Waals surface area contributed by atoms with Crippen LogP contribution in [0.15, 0.2) is 35.1 Å². The van der Waals surface area contributed by atoms with E-state index in [0.717, 1.165) is 15.7 Å². The van der Waals surface area contributed by atoms with E-state index >= 15 is 0 Å². The van der Waals surface area contributed by atoms with Crippen LogP contribution in [-0.4, -0.2) is 20.7 Å². The second kappa shape index (κ2) is 5.09. The zero-order valence-corrected chi connectivity index (χ0v) is 12.8. The molecule has 0 amide bonds.